The van der Waals surface area contributed by atoms with Crippen LogP contribution in [0.4, 0.5) is 5.88 Å². The molecule has 130 valence electrons. The molecule has 0 spiro atoms. The van der Waals surface area contributed by atoms with E-state index in [9.17, 15) is 9.59 Å². The van der Waals surface area contributed by atoms with Crippen molar-refractivity contribution in [3.63, 3.8) is 0 Å². The van der Waals surface area contributed by atoms with Crippen LogP contribution < -0.4 is 10.9 Å². The molecule has 4 rings (SSSR count). The standard InChI is InChI=1S/C16H16N4O3S2/c1-8-6-12(23-20-8)17-11(21)7-24-16-18-14(22)13-9-4-2-3-5-10(9)25-15(13)19-16/h6H,2-5,7H2,1H3,(H,17,21)(H,18,19,22). The smallest absolute Gasteiger partial charge is 0.260 e. The second kappa shape index (κ2) is 6.64. The van der Waals surface area contributed by atoms with Crippen molar-refractivity contribution in [3.05, 3.63) is 32.6 Å². The SMILES string of the molecule is Cc1cc(NC(=O)CSc2nc3sc4c(c3c(=O)[nH]2)CCCC4)on1. The number of thioether (sulfide) groups is 1. The maximum absolute atomic E-state index is 12.4. The molecule has 2 N–H and O–H groups in total. The van der Waals surface area contributed by atoms with Gasteiger partial charge in [-0.25, -0.2) is 4.98 Å². The molecule has 9 heteroatoms. The van der Waals surface area contributed by atoms with Gasteiger partial charge in [-0.3, -0.25) is 14.9 Å². The number of nitrogens with zero attached hydrogens (tertiary/aromatic N) is 2. The molecule has 1 aliphatic carbocycles. The molecule has 1 aliphatic rings. The van der Waals surface area contributed by atoms with Crippen LogP contribution in [-0.2, 0) is 17.6 Å². The first-order chi connectivity index (χ1) is 12.1. The van der Waals surface area contributed by atoms with E-state index in [1.807, 2.05) is 0 Å². The molecule has 0 fully saturated rings. The van der Waals surface area contributed by atoms with E-state index in [-0.39, 0.29) is 17.2 Å². The molecule has 3 aromatic heterocycles. The molecule has 0 saturated carbocycles. The molecule has 0 unspecified atom stereocenters. The fraction of sp³-hybridized carbons (Fsp3) is 0.375. The van der Waals surface area contributed by atoms with Crippen LogP contribution in [0.3, 0.4) is 0 Å². The fourth-order valence-electron chi connectivity index (χ4n) is 2.94. The summed E-state index contributed by atoms with van der Waals surface area (Å²) in [5.41, 5.74) is 1.74. The van der Waals surface area contributed by atoms with Gasteiger partial charge in [0.1, 0.15) is 4.83 Å². The minimum atomic E-state index is -0.241. The first-order valence-corrected chi connectivity index (χ1v) is 9.81. The van der Waals surface area contributed by atoms with Crippen molar-refractivity contribution in [2.45, 2.75) is 37.8 Å². The zero-order valence-corrected chi connectivity index (χ0v) is 15.2. The van der Waals surface area contributed by atoms with Gasteiger partial charge >= 0.3 is 0 Å². The zero-order chi connectivity index (χ0) is 17.4. The average molecular weight is 376 g/mol. The largest absolute Gasteiger partial charge is 0.338 e. The Morgan fingerprint density at radius 1 is 1.44 bits per heavy atom. The molecule has 7 nitrogen and oxygen atoms in total. The summed E-state index contributed by atoms with van der Waals surface area (Å²) >= 11 is 2.79. The Labute approximate surface area is 151 Å². The van der Waals surface area contributed by atoms with Crippen LogP contribution in [-0.4, -0.2) is 26.8 Å². The molecular weight excluding hydrogens is 360 g/mol. The molecule has 0 aromatic carbocycles. The molecule has 25 heavy (non-hydrogen) atoms. The van der Waals surface area contributed by atoms with Gasteiger partial charge in [0.2, 0.25) is 11.8 Å². The van der Waals surface area contributed by atoms with Crippen molar-refractivity contribution in [2.75, 3.05) is 11.1 Å². The van der Waals surface area contributed by atoms with Crippen molar-refractivity contribution in [3.8, 4) is 0 Å². The number of H-pyrrole nitrogens is 1. The third-order valence-electron chi connectivity index (χ3n) is 4.03. The minimum Gasteiger partial charge on any atom is -0.338 e. The van der Waals surface area contributed by atoms with Crippen molar-refractivity contribution in [2.24, 2.45) is 0 Å². The number of aromatic amines is 1. The number of aromatic nitrogens is 3. The topological polar surface area (TPSA) is 101 Å². The Hall–Kier alpha value is -2.13. The van der Waals surface area contributed by atoms with Gasteiger partial charge < -0.3 is 9.51 Å². The van der Waals surface area contributed by atoms with E-state index in [1.54, 1.807) is 24.3 Å². The van der Waals surface area contributed by atoms with Crippen LogP contribution in [0.25, 0.3) is 10.2 Å². The third-order valence-corrected chi connectivity index (χ3v) is 6.09. The summed E-state index contributed by atoms with van der Waals surface area (Å²) in [7, 11) is 0. The number of nitrogens with one attached hydrogen (secondary N) is 2. The van der Waals surface area contributed by atoms with E-state index in [4.69, 9.17) is 4.52 Å². The highest BCUT2D eigenvalue weighted by Gasteiger charge is 2.20. The second-order valence-electron chi connectivity index (χ2n) is 5.93. The molecule has 0 saturated heterocycles. The van der Waals surface area contributed by atoms with Crippen LogP contribution in [0.5, 0.6) is 0 Å². The number of amides is 1. The van der Waals surface area contributed by atoms with Crippen molar-refractivity contribution in [1.29, 1.82) is 0 Å². The van der Waals surface area contributed by atoms with E-state index in [1.165, 1.54) is 23.1 Å². The van der Waals surface area contributed by atoms with Gasteiger partial charge in [-0.05, 0) is 38.2 Å². The van der Waals surface area contributed by atoms with E-state index < -0.39 is 0 Å². The summed E-state index contributed by atoms with van der Waals surface area (Å²) in [6.45, 7) is 1.78. The molecule has 0 radical (unpaired) electrons. The van der Waals surface area contributed by atoms with Crippen LogP contribution >= 0.6 is 23.1 Å². The summed E-state index contributed by atoms with van der Waals surface area (Å²) in [5.74, 6) is 0.194. The first kappa shape index (κ1) is 16.3. The Morgan fingerprint density at radius 3 is 3.08 bits per heavy atom. The van der Waals surface area contributed by atoms with Crippen molar-refractivity contribution >= 4 is 45.1 Å². The van der Waals surface area contributed by atoms with E-state index >= 15 is 0 Å². The lowest BCUT2D eigenvalue weighted by Gasteiger charge is -2.09. The lowest BCUT2D eigenvalue weighted by molar-refractivity contribution is -0.113. The van der Waals surface area contributed by atoms with E-state index in [2.05, 4.69) is 20.4 Å². The third kappa shape index (κ3) is 3.34. The number of hydrogen-bond donors (Lipinski definition) is 2. The lowest BCUT2D eigenvalue weighted by Crippen LogP contribution is -2.15. The van der Waals surface area contributed by atoms with E-state index in [0.29, 0.717) is 16.7 Å². The molecule has 3 aromatic rings. The Bertz CT molecular complexity index is 1000. The first-order valence-electron chi connectivity index (χ1n) is 8.00. The number of thiophene rings is 1. The van der Waals surface area contributed by atoms with Gasteiger partial charge in [-0.1, -0.05) is 16.9 Å². The van der Waals surface area contributed by atoms with E-state index in [0.717, 1.165) is 35.0 Å². The van der Waals surface area contributed by atoms with Gasteiger partial charge in [0.15, 0.2) is 5.16 Å². The summed E-state index contributed by atoms with van der Waals surface area (Å²) < 4.78 is 4.95. The van der Waals surface area contributed by atoms with Gasteiger partial charge in [0, 0.05) is 10.9 Å². The van der Waals surface area contributed by atoms with Crippen molar-refractivity contribution < 1.29 is 9.32 Å². The van der Waals surface area contributed by atoms with Gasteiger partial charge in [0.05, 0.1) is 16.8 Å². The van der Waals surface area contributed by atoms with Gasteiger partial charge in [0.25, 0.3) is 5.56 Å². The zero-order valence-electron chi connectivity index (χ0n) is 13.5. The molecule has 0 bridgehead atoms. The fourth-order valence-corrected chi connectivity index (χ4v) is 4.92. The Balaban J connectivity index is 1.50. The monoisotopic (exact) mass is 376 g/mol. The Morgan fingerprint density at radius 2 is 2.28 bits per heavy atom. The molecule has 0 atom stereocenters. The lowest BCUT2D eigenvalue weighted by atomic mass is 9.97. The highest BCUT2D eigenvalue weighted by Crippen LogP contribution is 2.34. The highest BCUT2D eigenvalue weighted by molar-refractivity contribution is 7.99. The average Bonchev–Trinajstić information content (AvgIpc) is 3.16. The maximum atomic E-state index is 12.4. The van der Waals surface area contributed by atoms with Crippen molar-refractivity contribution in [1.82, 2.24) is 15.1 Å². The van der Waals surface area contributed by atoms with Crippen LogP contribution in [0.2, 0.25) is 0 Å². The predicted molar refractivity (Wildman–Crippen MR) is 97.5 cm³/mol. The van der Waals surface area contributed by atoms with Crippen LogP contribution in [0, 0.1) is 6.92 Å². The quantitative estimate of drug-likeness (QED) is 0.536. The highest BCUT2D eigenvalue weighted by atomic mass is 32.2. The number of carbonyl (C=O) groups excluding carboxylic acids is 1. The van der Waals surface area contributed by atoms with Crippen LogP contribution in [0.1, 0.15) is 29.0 Å². The number of anilines is 1. The Kier molecular flexibility index (Phi) is 4.34. The number of carbonyl (C=O) groups is 1. The summed E-state index contributed by atoms with van der Waals surface area (Å²) in [6, 6.07) is 1.64. The minimum absolute atomic E-state index is 0.113. The number of hydrogen-bond acceptors (Lipinski definition) is 7. The predicted octanol–water partition coefficient (Wildman–Crippen LogP) is 2.89. The molecule has 1 amide bonds. The number of fused-ring (bicyclic) bond motifs is 3. The number of aryl methyl sites for hydroxylation is 3. The summed E-state index contributed by atoms with van der Waals surface area (Å²) in [4.78, 5) is 33.8. The molecule has 3 heterocycles. The molecule has 0 aliphatic heterocycles. The second-order valence-corrected chi connectivity index (χ2v) is 7.98. The summed E-state index contributed by atoms with van der Waals surface area (Å²) in [6.07, 6.45) is 4.26. The van der Waals surface area contributed by atoms with Crippen LogP contribution in [0.15, 0.2) is 20.5 Å². The van der Waals surface area contributed by atoms with Gasteiger partial charge in [-0.2, -0.15) is 0 Å². The van der Waals surface area contributed by atoms with Gasteiger partial charge in [-0.15, -0.1) is 11.3 Å². The molecular formula is C16H16N4O3S2. The normalized spacial score (nSPS) is 13.8. The maximum Gasteiger partial charge on any atom is 0.260 e. The number of rotatable bonds is 4. The summed E-state index contributed by atoms with van der Waals surface area (Å²) in [5, 5.41) is 7.51.